The quantitative estimate of drug-likeness (QED) is 0.289. The number of nitriles is 1. The smallest absolute Gasteiger partial charge is 0.251 e. The van der Waals surface area contributed by atoms with Crippen LogP contribution in [0.1, 0.15) is 65.5 Å². The fourth-order valence-corrected chi connectivity index (χ4v) is 6.15. The minimum atomic E-state index is -0.637. The molecule has 3 aromatic rings. The highest BCUT2D eigenvalue weighted by atomic mass is 16.2. The molecule has 1 aromatic heterocycles. The SMILES string of the molecule is CNC(=O)c1ccc2c(c1)CCC=C(C)C2(CCNCC(=O)N1CCCC1C#N)c1nc(-c2ccc(C)cc2)n[nH]1. The van der Waals surface area contributed by atoms with Crippen molar-refractivity contribution in [3.63, 3.8) is 0 Å². The molecule has 2 heterocycles. The summed E-state index contributed by atoms with van der Waals surface area (Å²) < 4.78 is 0. The summed E-state index contributed by atoms with van der Waals surface area (Å²) in [4.78, 5) is 32.1. The van der Waals surface area contributed by atoms with E-state index in [9.17, 15) is 14.9 Å². The van der Waals surface area contributed by atoms with Crippen LogP contribution < -0.4 is 10.6 Å². The summed E-state index contributed by atoms with van der Waals surface area (Å²) >= 11 is 0. The van der Waals surface area contributed by atoms with Crippen molar-refractivity contribution in [3.05, 3.63) is 82.2 Å². The van der Waals surface area contributed by atoms with Gasteiger partial charge in [0.25, 0.3) is 5.91 Å². The molecule has 1 aliphatic carbocycles. The Morgan fingerprint density at radius 1 is 1.20 bits per heavy atom. The van der Waals surface area contributed by atoms with E-state index in [4.69, 9.17) is 4.98 Å². The third kappa shape index (κ3) is 5.52. The summed E-state index contributed by atoms with van der Waals surface area (Å²) in [7, 11) is 1.64. The van der Waals surface area contributed by atoms with E-state index in [1.54, 1.807) is 11.9 Å². The van der Waals surface area contributed by atoms with E-state index in [1.165, 1.54) is 5.56 Å². The van der Waals surface area contributed by atoms with Gasteiger partial charge in [0.05, 0.1) is 18.0 Å². The number of nitrogens with zero attached hydrogens (tertiary/aromatic N) is 4. The molecule has 2 unspecified atom stereocenters. The Labute approximate surface area is 241 Å². The molecule has 0 radical (unpaired) electrons. The molecule has 2 aliphatic rings. The van der Waals surface area contributed by atoms with E-state index in [1.807, 2.05) is 49.4 Å². The number of allylic oxidation sites excluding steroid dienone is 2. The van der Waals surface area contributed by atoms with Crippen LogP contribution in [-0.2, 0) is 16.6 Å². The van der Waals surface area contributed by atoms with Crippen molar-refractivity contribution < 1.29 is 9.59 Å². The summed E-state index contributed by atoms with van der Waals surface area (Å²) in [6.45, 7) is 5.52. The maximum Gasteiger partial charge on any atom is 0.251 e. The first-order valence-corrected chi connectivity index (χ1v) is 14.3. The van der Waals surface area contributed by atoms with Gasteiger partial charge in [-0.05, 0) is 75.8 Å². The van der Waals surface area contributed by atoms with Crippen molar-refractivity contribution in [2.24, 2.45) is 0 Å². The zero-order valence-electron chi connectivity index (χ0n) is 24.0. The molecule has 1 fully saturated rings. The second-order valence-electron chi connectivity index (χ2n) is 11.0. The lowest BCUT2D eigenvalue weighted by atomic mass is 9.70. The monoisotopic (exact) mass is 551 g/mol. The van der Waals surface area contributed by atoms with Crippen LogP contribution >= 0.6 is 0 Å². The normalized spacial score (nSPS) is 20.1. The number of nitrogens with one attached hydrogen (secondary N) is 3. The molecule has 2 amide bonds. The van der Waals surface area contributed by atoms with Crippen molar-refractivity contribution >= 4 is 11.8 Å². The highest BCUT2D eigenvalue weighted by Gasteiger charge is 2.42. The van der Waals surface area contributed by atoms with Crippen molar-refractivity contribution in [2.75, 3.05) is 26.7 Å². The number of carbonyl (C=O) groups is 2. The topological polar surface area (TPSA) is 127 Å². The molecule has 41 heavy (non-hydrogen) atoms. The van der Waals surface area contributed by atoms with Gasteiger partial charge in [-0.3, -0.25) is 14.7 Å². The molecule has 3 N–H and O–H groups in total. The number of hydrogen-bond donors (Lipinski definition) is 3. The Morgan fingerprint density at radius 2 is 2.00 bits per heavy atom. The zero-order valence-corrected chi connectivity index (χ0v) is 24.0. The van der Waals surface area contributed by atoms with Crippen LogP contribution in [-0.4, -0.2) is 64.6 Å². The van der Waals surface area contributed by atoms with Crippen molar-refractivity contribution in [1.82, 2.24) is 30.7 Å². The molecule has 0 saturated carbocycles. The molecule has 9 heteroatoms. The standard InChI is InChI=1S/C32H37N7O2/c1-21-9-11-23(12-10-21)29-36-31(38-37-29)32(15-16-35-20-28(40)39-17-5-8-26(39)19-33)22(2)6-4-7-24-18-25(30(41)34-3)13-14-27(24)32/h6,9-14,18,26,35H,4-5,7-8,15-17,20H2,1-3H3,(H,34,41)(H,36,37,38). The fraction of sp³-hybridized carbons (Fsp3) is 0.406. The maximum atomic E-state index is 12.9. The van der Waals surface area contributed by atoms with Gasteiger partial charge in [0.15, 0.2) is 5.82 Å². The van der Waals surface area contributed by atoms with Gasteiger partial charge in [0, 0.05) is 24.7 Å². The molecule has 212 valence electrons. The highest BCUT2D eigenvalue weighted by Crippen LogP contribution is 2.44. The van der Waals surface area contributed by atoms with E-state index in [2.05, 4.69) is 39.9 Å². The fourth-order valence-electron chi connectivity index (χ4n) is 6.15. The highest BCUT2D eigenvalue weighted by molar-refractivity contribution is 5.94. The number of fused-ring (bicyclic) bond motifs is 1. The first-order chi connectivity index (χ1) is 19.9. The Hall–Kier alpha value is -4.29. The second-order valence-corrected chi connectivity index (χ2v) is 11.0. The van der Waals surface area contributed by atoms with Crippen LogP contribution in [0.4, 0.5) is 0 Å². The van der Waals surface area contributed by atoms with Gasteiger partial charge in [-0.25, -0.2) is 4.98 Å². The number of aromatic amines is 1. The summed E-state index contributed by atoms with van der Waals surface area (Å²) in [5.41, 5.74) is 5.41. The summed E-state index contributed by atoms with van der Waals surface area (Å²) in [5, 5.41) is 23.4. The predicted octanol–water partition coefficient (Wildman–Crippen LogP) is 3.81. The lowest BCUT2D eigenvalue weighted by Gasteiger charge is -2.35. The number of aromatic nitrogens is 3. The van der Waals surface area contributed by atoms with Gasteiger partial charge in [0.1, 0.15) is 11.9 Å². The molecule has 2 aromatic carbocycles. The maximum absolute atomic E-state index is 12.9. The second kappa shape index (κ2) is 12.1. The van der Waals surface area contributed by atoms with E-state index < -0.39 is 5.41 Å². The van der Waals surface area contributed by atoms with Crippen LogP contribution in [0.3, 0.4) is 0 Å². The van der Waals surface area contributed by atoms with Crippen molar-refractivity contribution in [3.8, 4) is 17.5 Å². The van der Waals surface area contributed by atoms with Crippen LogP contribution in [0.25, 0.3) is 11.4 Å². The van der Waals surface area contributed by atoms with Crippen LogP contribution in [0.15, 0.2) is 54.1 Å². The number of likely N-dealkylation sites (tertiary alicyclic amines) is 1. The number of H-pyrrole nitrogens is 1. The number of aryl methyl sites for hydroxylation is 2. The lowest BCUT2D eigenvalue weighted by Crippen LogP contribution is -2.42. The Morgan fingerprint density at radius 3 is 2.76 bits per heavy atom. The third-order valence-electron chi connectivity index (χ3n) is 8.47. The number of amides is 2. The van der Waals surface area contributed by atoms with Crippen molar-refractivity contribution in [2.45, 2.75) is 57.4 Å². The first-order valence-electron chi connectivity index (χ1n) is 14.3. The minimum absolute atomic E-state index is 0.0480. The number of benzene rings is 2. The molecular weight excluding hydrogens is 514 g/mol. The van der Waals surface area contributed by atoms with Gasteiger partial charge >= 0.3 is 0 Å². The molecule has 0 spiro atoms. The molecule has 1 aliphatic heterocycles. The summed E-state index contributed by atoms with van der Waals surface area (Å²) in [6.07, 6.45) is 6.11. The first kappa shape index (κ1) is 28.2. The average Bonchev–Trinajstić information content (AvgIpc) is 3.65. The van der Waals surface area contributed by atoms with E-state index in [-0.39, 0.29) is 24.4 Å². The zero-order chi connectivity index (χ0) is 29.0. The van der Waals surface area contributed by atoms with Gasteiger partial charge in [-0.2, -0.15) is 10.4 Å². The molecular formula is C32H37N7O2. The van der Waals surface area contributed by atoms with Crippen LogP contribution in [0, 0.1) is 18.3 Å². The predicted molar refractivity (Wildman–Crippen MR) is 157 cm³/mol. The Bertz CT molecular complexity index is 1500. The summed E-state index contributed by atoms with van der Waals surface area (Å²) in [5.74, 6) is 1.19. The lowest BCUT2D eigenvalue weighted by molar-refractivity contribution is -0.130. The van der Waals surface area contributed by atoms with Gasteiger partial charge in [0.2, 0.25) is 5.91 Å². The van der Waals surface area contributed by atoms with Crippen LogP contribution in [0.5, 0.6) is 0 Å². The van der Waals surface area contributed by atoms with Gasteiger partial charge in [-0.15, -0.1) is 0 Å². The third-order valence-corrected chi connectivity index (χ3v) is 8.47. The molecule has 0 bridgehead atoms. The van der Waals surface area contributed by atoms with E-state index >= 15 is 0 Å². The largest absolute Gasteiger partial charge is 0.355 e. The molecule has 9 nitrogen and oxygen atoms in total. The number of carbonyl (C=O) groups excluding carboxylic acids is 2. The van der Waals surface area contributed by atoms with Crippen LogP contribution in [0.2, 0.25) is 0 Å². The number of hydrogen-bond acceptors (Lipinski definition) is 6. The molecule has 5 rings (SSSR count). The Kier molecular flexibility index (Phi) is 8.31. The Balaban J connectivity index is 1.49. The average molecular weight is 552 g/mol. The summed E-state index contributed by atoms with van der Waals surface area (Å²) in [6, 6.07) is 15.9. The van der Waals surface area contributed by atoms with Gasteiger partial charge < -0.3 is 15.5 Å². The molecule has 2 atom stereocenters. The molecule has 1 saturated heterocycles. The van der Waals surface area contributed by atoms with Crippen molar-refractivity contribution in [1.29, 1.82) is 5.26 Å². The van der Waals surface area contributed by atoms with E-state index in [0.717, 1.165) is 53.8 Å². The van der Waals surface area contributed by atoms with E-state index in [0.29, 0.717) is 30.9 Å². The number of rotatable bonds is 8. The minimum Gasteiger partial charge on any atom is -0.355 e. The van der Waals surface area contributed by atoms with Gasteiger partial charge in [-0.1, -0.05) is 47.5 Å².